The lowest BCUT2D eigenvalue weighted by atomic mass is 9.94. The smallest absolute Gasteiger partial charge is 0.475 e. The largest absolute Gasteiger partial charge is 0.490 e. The van der Waals surface area contributed by atoms with Gasteiger partial charge in [0.1, 0.15) is 6.04 Å². The molecular weight excluding hydrogens is 818 g/mol. The number of nitrogens with zero attached hydrogens (tertiary/aromatic N) is 2. The molecule has 6 N–H and O–H groups in total. The highest BCUT2D eigenvalue weighted by molar-refractivity contribution is 7.92. The summed E-state index contributed by atoms with van der Waals surface area (Å²) < 4.78 is 90.0. The van der Waals surface area contributed by atoms with E-state index in [1.165, 1.54) is 12.4 Å². The number of aromatic amines is 1. The van der Waals surface area contributed by atoms with Crippen LogP contribution in [0.2, 0.25) is 0 Å². The van der Waals surface area contributed by atoms with Crippen LogP contribution in [-0.4, -0.2) is 87.9 Å². The molecule has 3 heterocycles. The molecule has 22 heteroatoms. The van der Waals surface area contributed by atoms with Gasteiger partial charge in [-0.15, -0.1) is 0 Å². The van der Waals surface area contributed by atoms with Crippen LogP contribution in [0.25, 0.3) is 10.9 Å². The Morgan fingerprint density at radius 2 is 1.49 bits per heavy atom. The van der Waals surface area contributed by atoms with Crippen molar-refractivity contribution in [2.75, 3.05) is 23.7 Å². The van der Waals surface area contributed by atoms with Gasteiger partial charge in [0.15, 0.2) is 9.84 Å². The summed E-state index contributed by atoms with van der Waals surface area (Å²) in [6, 6.07) is 12.8. The van der Waals surface area contributed by atoms with E-state index in [2.05, 4.69) is 25.9 Å². The number of carbonyl (C=O) groups is 4. The number of nitrogens with one attached hydrogen (secondary N) is 4. The zero-order valence-corrected chi connectivity index (χ0v) is 32.8. The first-order valence-electron chi connectivity index (χ1n) is 17.4. The molecule has 4 aromatic rings. The van der Waals surface area contributed by atoms with E-state index in [-0.39, 0.29) is 29.5 Å². The number of likely N-dealkylation sites (N-methyl/N-ethyl adjacent to an activating group) is 1. The normalized spacial score (nSPS) is 15.3. The minimum Gasteiger partial charge on any atom is -0.475 e. The molecule has 59 heavy (non-hydrogen) atoms. The average Bonchev–Trinajstić information content (AvgIpc) is 3.13. The third kappa shape index (κ3) is 12.7. The highest BCUT2D eigenvalue weighted by atomic mass is 32.2. The third-order valence-corrected chi connectivity index (χ3v) is 10.9. The summed E-state index contributed by atoms with van der Waals surface area (Å²) in [5.41, 5.74) is 5.25. The van der Waals surface area contributed by atoms with Gasteiger partial charge in [-0.3, -0.25) is 19.3 Å². The number of aromatic nitrogens is 2. The predicted molar refractivity (Wildman–Crippen MR) is 202 cm³/mol. The van der Waals surface area contributed by atoms with Crippen molar-refractivity contribution in [3.63, 3.8) is 0 Å². The summed E-state index contributed by atoms with van der Waals surface area (Å²) in [7, 11) is -3.70. The van der Waals surface area contributed by atoms with Crippen molar-refractivity contribution >= 4 is 55.9 Å². The molecule has 0 saturated heterocycles. The molecule has 0 radical (unpaired) electrons. The molecule has 6 rings (SSSR count). The molecule has 320 valence electrons. The Bertz CT molecular complexity index is 2340. The van der Waals surface area contributed by atoms with E-state index in [0.29, 0.717) is 46.5 Å². The van der Waals surface area contributed by atoms with Crippen LogP contribution < -0.4 is 21.5 Å². The Kier molecular flexibility index (Phi) is 15.4. The molecular formula is C37H40F6N6O9S. The molecule has 1 aromatic heterocycles. The summed E-state index contributed by atoms with van der Waals surface area (Å²) in [5, 5.41) is 23.1. The van der Waals surface area contributed by atoms with Gasteiger partial charge in [-0.05, 0) is 98.5 Å². The second-order valence-corrected chi connectivity index (χ2v) is 15.7. The van der Waals surface area contributed by atoms with Crippen molar-refractivity contribution < 1.29 is 64.2 Å². The molecule has 0 saturated carbocycles. The number of alkyl halides is 6. The molecule has 2 amide bonds. The van der Waals surface area contributed by atoms with Crippen LogP contribution in [0.5, 0.6) is 0 Å². The van der Waals surface area contributed by atoms with Crippen molar-refractivity contribution in [2.24, 2.45) is 0 Å². The lowest BCUT2D eigenvalue weighted by Gasteiger charge is -2.26. The molecule has 15 nitrogen and oxygen atoms in total. The van der Waals surface area contributed by atoms with Gasteiger partial charge in [0.2, 0.25) is 11.8 Å². The summed E-state index contributed by atoms with van der Waals surface area (Å²) in [4.78, 5) is 66.2. The zero-order chi connectivity index (χ0) is 44.6. The third-order valence-electron chi connectivity index (χ3n) is 8.67. The maximum Gasteiger partial charge on any atom is 0.490 e. The Labute approximate surface area is 332 Å². The molecule has 1 unspecified atom stereocenters. The van der Waals surface area contributed by atoms with Crippen LogP contribution in [0.15, 0.2) is 64.5 Å². The number of carbonyl (C=O) groups excluding carboxylic acids is 2. The number of benzene rings is 3. The van der Waals surface area contributed by atoms with Gasteiger partial charge < -0.3 is 31.1 Å². The van der Waals surface area contributed by atoms with Gasteiger partial charge in [-0.2, -0.15) is 26.3 Å². The number of halogens is 6. The minimum atomic E-state index is -5.08. The first kappa shape index (κ1) is 47.3. The summed E-state index contributed by atoms with van der Waals surface area (Å²) >= 11 is 0. The molecule has 0 fully saturated rings. The number of rotatable bonds is 5. The molecule has 0 aliphatic carbocycles. The lowest BCUT2D eigenvalue weighted by molar-refractivity contribution is -0.193. The van der Waals surface area contributed by atoms with E-state index in [4.69, 9.17) is 19.8 Å². The fourth-order valence-electron chi connectivity index (χ4n) is 5.59. The van der Waals surface area contributed by atoms with Gasteiger partial charge >= 0.3 is 24.3 Å². The number of H-pyrrole nitrogens is 1. The zero-order valence-electron chi connectivity index (χ0n) is 32.0. The number of sulfone groups is 1. The average molecular weight is 859 g/mol. The number of hydrogen-bond donors (Lipinski definition) is 6. The summed E-state index contributed by atoms with van der Waals surface area (Å²) in [6.07, 6.45) is -8.83. The lowest BCUT2D eigenvalue weighted by Crippen LogP contribution is -2.35. The Balaban J connectivity index is 0.000000569. The van der Waals surface area contributed by atoms with Crippen molar-refractivity contribution in [3.05, 3.63) is 93.0 Å². The number of carboxylic acids is 2. The van der Waals surface area contributed by atoms with Gasteiger partial charge in [-0.1, -0.05) is 19.1 Å². The minimum absolute atomic E-state index is 0.0916. The molecule has 2 aliphatic heterocycles. The Hall–Kier alpha value is -6.03. The van der Waals surface area contributed by atoms with Crippen LogP contribution in [0.4, 0.5) is 37.7 Å². The number of amides is 2. The molecule has 0 spiro atoms. The van der Waals surface area contributed by atoms with Crippen molar-refractivity contribution in [2.45, 2.75) is 76.2 Å². The van der Waals surface area contributed by atoms with Crippen molar-refractivity contribution in [1.82, 2.24) is 20.2 Å². The summed E-state index contributed by atoms with van der Waals surface area (Å²) in [6.45, 7) is 10.4. The fraction of sp³-hybridized carbons (Fsp3) is 0.351. The first-order chi connectivity index (χ1) is 27.3. The van der Waals surface area contributed by atoms with Crippen molar-refractivity contribution in [3.8, 4) is 0 Å². The van der Waals surface area contributed by atoms with Gasteiger partial charge in [-0.25, -0.2) is 23.0 Å². The van der Waals surface area contributed by atoms with Crippen LogP contribution in [0.3, 0.4) is 0 Å². The van der Waals surface area contributed by atoms with Crippen LogP contribution >= 0.6 is 0 Å². The maximum atomic E-state index is 14.0. The van der Waals surface area contributed by atoms with Crippen LogP contribution in [0.1, 0.15) is 54.6 Å². The fourth-order valence-corrected chi connectivity index (χ4v) is 6.85. The first-order valence-corrected chi connectivity index (χ1v) is 18.9. The molecule has 3 aromatic carbocycles. The Morgan fingerprint density at radius 3 is 2.02 bits per heavy atom. The van der Waals surface area contributed by atoms with Crippen LogP contribution in [0, 0.1) is 13.8 Å². The van der Waals surface area contributed by atoms with E-state index in [1.807, 2.05) is 37.8 Å². The monoisotopic (exact) mass is 858 g/mol. The van der Waals surface area contributed by atoms with E-state index in [0.717, 1.165) is 16.7 Å². The standard InChI is InChI=1S/C33H38N6O5S.2C2HF3O2/c1-6-39-16-27-20(4)11-22(12-21(27)5)31(38-25-7-9-28-26(14-25)32(41)36-18-35-28)33(42)34-15-23-13-24(37-30(40)17-39)8-10-29(23)45(43,44)19(2)3;2*3-2(4,5)1(6)7/h7-14,18-19,31,38H,6,15-17H2,1-5H3,(H,34,42)(H,37,40)(H,35,36,41);2*(H,6,7). The number of hydrogen-bond acceptors (Lipinski definition) is 10. The SMILES string of the molecule is CCN1CC(=O)Nc2ccc(S(=O)(=O)C(C)C)c(c2)CNC(=O)C(Nc2ccc3nc[nH]c(=O)c3c2)c2cc(C)c(c(C)c2)C1.O=C(O)C(F)(F)F.O=C(O)C(F)(F)F. The summed E-state index contributed by atoms with van der Waals surface area (Å²) in [5.74, 6) is -6.13. The maximum absolute atomic E-state index is 14.0. The van der Waals surface area contributed by atoms with E-state index < -0.39 is 51.3 Å². The number of aliphatic carboxylic acids is 2. The van der Waals surface area contributed by atoms with Gasteiger partial charge in [0.05, 0.1) is 33.9 Å². The molecule has 4 bridgehead atoms. The Morgan fingerprint density at radius 1 is 0.915 bits per heavy atom. The number of carboxylic acid groups (broad SMARTS) is 2. The highest BCUT2D eigenvalue weighted by Gasteiger charge is 2.39. The molecule has 2 aliphatic rings. The van der Waals surface area contributed by atoms with E-state index >= 15 is 0 Å². The van der Waals surface area contributed by atoms with Gasteiger partial charge in [0, 0.05) is 24.5 Å². The highest BCUT2D eigenvalue weighted by Crippen LogP contribution is 2.29. The van der Waals surface area contributed by atoms with Crippen molar-refractivity contribution in [1.29, 1.82) is 0 Å². The second-order valence-electron chi connectivity index (χ2n) is 13.3. The quantitative estimate of drug-likeness (QED) is 0.142. The number of anilines is 2. The predicted octanol–water partition coefficient (Wildman–Crippen LogP) is 5.23. The van der Waals surface area contributed by atoms with E-state index in [1.54, 1.807) is 44.2 Å². The van der Waals surface area contributed by atoms with E-state index in [9.17, 15) is 49.1 Å². The number of fused-ring (bicyclic) bond motifs is 10. The topological polar surface area (TPSA) is 228 Å². The molecule has 1 atom stereocenters. The van der Waals surface area contributed by atoms with Gasteiger partial charge in [0.25, 0.3) is 5.56 Å². The van der Waals surface area contributed by atoms with Crippen LogP contribution in [-0.2, 0) is 42.1 Å². The second kappa shape index (κ2) is 19.1. The number of aryl methyl sites for hydroxylation is 2.